The molecule has 0 spiro atoms. The van der Waals surface area contributed by atoms with Gasteiger partial charge in [0.1, 0.15) is 0 Å². The predicted molar refractivity (Wildman–Crippen MR) is 155 cm³/mol. The Labute approximate surface area is 219 Å². The van der Waals surface area contributed by atoms with Gasteiger partial charge in [-0.05, 0) is 71.5 Å². The zero-order chi connectivity index (χ0) is 25.5. The lowest BCUT2D eigenvalue weighted by molar-refractivity contribution is 0.733. The third kappa shape index (κ3) is 5.04. The molecule has 37 heavy (non-hydrogen) atoms. The van der Waals surface area contributed by atoms with E-state index in [0.717, 1.165) is 33.3 Å². The first kappa shape index (κ1) is 24.5. The third-order valence-electron chi connectivity index (χ3n) is 6.90. The Morgan fingerprint density at radius 1 is 0.595 bits per heavy atom. The van der Waals surface area contributed by atoms with E-state index in [2.05, 4.69) is 80.6 Å². The largest absolute Gasteiger partial charge is 0.265 e. The summed E-state index contributed by atoms with van der Waals surface area (Å²) in [5.74, 6) is 0.580. The molecule has 1 atom stereocenters. The summed E-state index contributed by atoms with van der Waals surface area (Å²) in [7, 11) is -2.90. The van der Waals surface area contributed by atoms with Crippen molar-refractivity contribution in [2.24, 2.45) is 0 Å². The highest BCUT2D eigenvalue weighted by Gasteiger charge is 2.47. The summed E-state index contributed by atoms with van der Waals surface area (Å²) in [6, 6.07) is 31.2. The molecule has 0 aliphatic heterocycles. The lowest BCUT2D eigenvalue weighted by Crippen LogP contribution is -2.77. The van der Waals surface area contributed by atoms with E-state index in [0.29, 0.717) is 5.92 Å². The SMILES string of the molecule is CCC(C)c1ccc(/C=C/c2ccc([Si](c3ccccn3)(c3ccccn3)c3ccccn3)nc2)cc1. The van der Waals surface area contributed by atoms with Crippen molar-refractivity contribution in [3.8, 4) is 0 Å². The first-order chi connectivity index (χ1) is 18.2. The zero-order valence-electron chi connectivity index (χ0n) is 21.2. The number of rotatable bonds is 8. The Morgan fingerprint density at radius 3 is 1.51 bits per heavy atom. The van der Waals surface area contributed by atoms with Gasteiger partial charge in [0.05, 0.1) is 0 Å². The Kier molecular flexibility index (Phi) is 7.43. The highest BCUT2D eigenvalue weighted by molar-refractivity contribution is 7.18. The summed E-state index contributed by atoms with van der Waals surface area (Å²) in [5, 5.41) is 3.84. The highest BCUT2D eigenvalue weighted by Crippen LogP contribution is 2.19. The molecule has 0 fully saturated rings. The number of hydrogen-bond donors (Lipinski definition) is 0. The molecule has 0 saturated carbocycles. The monoisotopic (exact) mass is 498 g/mol. The van der Waals surface area contributed by atoms with Crippen LogP contribution >= 0.6 is 0 Å². The average Bonchev–Trinajstić information content (AvgIpc) is 2.99. The number of aromatic nitrogens is 4. The van der Waals surface area contributed by atoms with Crippen molar-refractivity contribution in [1.29, 1.82) is 0 Å². The van der Waals surface area contributed by atoms with Crippen molar-refractivity contribution in [2.45, 2.75) is 26.2 Å². The molecule has 5 heteroatoms. The Morgan fingerprint density at radius 2 is 1.08 bits per heavy atom. The normalized spacial score (nSPS) is 12.5. The van der Waals surface area contributed by atoms with Gasteiger partial charge in [-0.2, -0.15) is 0 Å². The summed E-state index contributed by atoms with van der Waals surface area (Å²) in [5.41, 5.74) is 3.60. The second-order valence-corrected chi connectivity index (χ2v) is 12.7. The second-order valence-electron chi connectivity index (χ2n) is 9.18. The van der Waals surface area contributed by atoms with Crippen LogP contribution < -0.4 is 21.3 Å². The number of hydrogen-bond acceptors (Lipinski definition) is 4. The van der Waals surface area contributed by atoms with Crippen LogP contribution in [0.4, 0.5) is 0 Å². The van der Waals surface area contributed by atoms with Crippen molar-refractivity contribution < 1.29 is 0 Å². The Hall–Kier alpha value is -4.22. The van der Waals surface area contributed by atoms with Crippen molar-refractivity contribution in [3.63, 3.8) is 0 Å². The van der Waals surface area contributed by atoms with Gasteiger partial charge in [0, 0.05) is 46.1 Å². The Bertz CT molecular complexity index is 1340. The second kappa shape index (κ2) is 11.2. The van der Waals surface area contributed by atoms with E-state index in [9.17, 15) is 0 Å². The third-order valence-corrected chi connectivity index (χ3v) is 11.2. The molecule has 0 aliphatic carbocycles. The van der Waals surface area contributed by atoms with Crippen molar-refractivity contribution in [2.75, 3.05) is 0 Å². The molecule has 0 radical (unpaired) electrons. The van der Waals surface area contributed by atoms with Gasteiger partial charge in [-0.15, -0.1) is 0 Å². The maximum Gasteiger partial charge on any atom is 0.263 e. The van der Waals surface area contributed by atoms with E-state index in [1.54, 1.807) is 0 Å². The van der Waals surface area contributed by atoms with Crippen molar-refractivity contribution >= 4 is 41.5 Å². The first-order valence-corrected chi connectivity index (χ1v) is 14.7. The van der Waals surface area contributed by atoms with Crippen LogP contribution in [0.15, 0.2) is 116 Å². The molecule has 4 aromatic heterocycles. The van der Waals surface area contributed by atoms with Crippen LogP contribution in [-0.2, 0) is 0 Å². The predicted octanol–water partition coefficient (Wildman–Crippen LogP) is 4.33. The standard InChI is InChI=1S/C32H30N4Si/c1-3-25(2)28-18-15-26(16-19-28)13-14-27-17-20-32(36-24-27)37(29-10-4-7-21-33-29,30-11-5-8-22-34-30)31-12-6-9-23-35-31/h4-25H,3H2,1-2H3/b14-13+. The van der Waals surface area contributed by atoms with Crippen LogP contribution in [0.1, 0.15) is 42.9 Å². The minimum atomic E-state index is -2.90. The summed E-state index contributed by atoms with van der Waals surface area (Å²) in [6.07, 6.45) is 12.9. The van der Waals surface area contributed by atoms with Gasteiger partial charge < -0.3 is 0 Å². The number of pyridine rings is 4. The van der Waals surface area contributed by atoms with E-state index < -0.39 is 8.07 Å². The van der Waals surface area contributed by atoms with Crippen LogP contribution in [0, 0.1) is 0 Å². The van der Waals surface area contributed by atoms with E-state index >= 15 is 0 Å². The minimum absolute atomic E-state index is 0.580. The molecule has 5 rings (SSSR count). The van der Waals surface area contributed by atoms with Crippen LogP contribution in [0.5, 0.6) is 0 Å². The molecule has 0 saturated heterocycles. The lowest BCUT2D eigenvalue weighted by Gasteiger charge is -2.29. The Balaban J connectivity index is 1.56. The molecule has 182 valence electrons. The number of benzene rings is 1. The molecular weight excluding hydrogens is 468 g/mol. The topological polar surface area (TPSA) is 51.6 Å². The van der Waals surface area contributed by atoms with Crippen LogP contribution in [0.25, 0.3) is 12.2 Å². The number of nitrogens with zero attached hydrogens (tertiary/aromatic N) is 4. The molecule has 4 nitrogen and oxygen atoms in total. The quantitative estimate of drug-likeness (QED) is 0.299. The van der Waals surface area contributed by atoms with Gasteiger partial charge in [-0.1, -0.05) is 74.5 Å². The average molecular weight is 499 g/mol. The van der Waals surface area contributed by atoms with Gasteiger partial charge in [-0.25, -0.2) is 0 Å². The molecule has 5 aromatic rings. The van der Waals surface area contributed by atoms with Crippen LogP contribution in [-0.4, -0.2) is 28.0 Å². The highest BCUT2D eigenvalue weighted by atomic mass is 28.3. The molecule has 1 unspecified atom stereocenters. The molecule has 0 aliphatic rings. The molecular formula is C32H30N4Si. The van der Waals surface area contributed by atoms with Gasteiger partial charge in [0.25, 0.3) is 8.07 Å². The molecule has 0 N–H and O–H groups in total. The zero-order valence-corrected chi connectivity index (χ0v) is 22.2. The maximum atomic E-state index is 5.03. The minimum Gasteiger partial charge on any atom is -0.265 e. The van der Waals surface area contributed by atoms with Gasteiger partial charge in [0.15, 0.2) is 0 Å². The molecule has 4 heterocycles. The van der Waals surface area contributed by atoms with E-state index in [1.807, 2.05) is 61.2 Å². The fourth-order valence-electron chi connectivity index (χ4n) is 4.63. The van der Waals surface area contributed by atoms with E-state index in [-0.39, 0.29) is 0 Å². The molecule has 0 bridgehead atoms. The van der Waals surface area contributed by atoms with Crippen molar-refractivity contribution in [1.82, 2.24) is 19.9 Å². The summed E-state index contributed by atoms with van der Waals surface area (Å²) >= 11 is 0. The van der Waals surface area contributed by atoms with E-state index in [1.165, 1.54) is 11.1 Å². The maximum absolute atomic E-state index is 5.03. The first-order valence-electron chi connectivity index (χ1n) is 12.7. The van der Waals surface area contributed by atoms with E-state index in [4.69, 9.17) is 19.9 Å². The van der Waals surface area contributed by atoms with Gasteiger partial charge >= 0.3 is 0 Å². The fourth-order valence-corrected chi connectivity index (χ4v) is 8.64. The van der Waals surface area contributed by atoms with Crippen LogP contribution in [0.3, 0.4) is 0 Å². The van der Waals surface area contributed by atoms with Crippen LogP contribution in [0.2, 0.25) is 0 Å². The summed E-state index contributed by atoms with van der Waals surface area (Å²) in [4.78, 5) is 19.5. The van der Waals surface area contributed by atoms with Crippen molar-refractivity contribution in [3.05, 3.63) is 132 Å². The molecule has 1 aromatic carbocycles. The van der Waals surface area contributed by atoms with Gasteiger partial charge in [0.2, 0.25) is 0 Å². The lowest BCUT2D eigenvalue weighted by atomic mass is 9.97. The molecule has 0 amide bonds. The smallest absolute Gasteiger partial charge is 0.263 e. The summed E-state index contributed by atoms with van der Waals surface area (Å²) < 4.78 is 0. The summed E-state index contributed by atoms with van der Waals surface area (Å²) in [6.45, 7) is 4.49. The fraction of sp³-hybridized carbons (Fsp3) is 0.125. The van der Waals surface area contributed by atoms with Gasteiger partial charge in [-0.3, -0.25) is 19.9 Å².